The van der Waals surface area contributed by atoms with E-state index in [9.17, 15) is 0 Å². The van der Waals surface area contributed by atoms with Gasteiger partial charge >= 0.3 is 0 Å². The van der Waals surface area contributed by atoms with E-state index in [1.54, 1.807) is 0 Å². The summed E-state index contributed by atoms with van der Waals surface area (Å²) in [5.74, 6) is 1.54. The van der Waals surface area contributed by atoms with Gasteiger partial charge in [-0.1, -0.05) is 13.8 Å². The second-order valence-electron chi connectivity index (χ2n) is 5.96. The van der Waals surface area contributed by atoms with Crippen LogP contribution in [-0.4, -0.2) is 41.0 Å². The second-order valence-corrected chi connectivity index (χ2v) is 5.96. The normalized spacial score (nSPS) is 18.2. The van der Waals surface area contributed by atoms with Crippen LogP contribution >= 0.6 is 0 Å². The van der Waals surface area contributed by atoms with Gasteiger partial charge in [-0.3, -0.25) is 0 Å². The van der Waals surface area contributed by atoms with Crippen molar-refractivity contribution in [1.29, 1.82) is 0 Å². The van der Waals surface area contributed by atoms with E-state index in [0.29, 0.717) is 12.0 Å². The average molecular weight is 262 g/mol. The van der Waals surface area contributed by atoms with Crippen molar-refractivity contribution in [3.63, 3.8) is 0 Å². The maximum Gasteiger partial charge on any atom is 0.142 e. The van der Waals surface area contributed by atoms with Gasteiger partial charge < -0.3 is 10.2 Å². The Kier molecular flexibility index (Phi) is 4.88. The first-order valence-corrected chi connectivity index (χ1v) is 7.31. The Balaban J connectivity index is 2.07. The van der Waals surface area contributed by atoms with Crippen LogP contribution in [0.3, 0.4) is 0 Å². The molecule has 2 rings (SSSR count). The van der Waals surface area contributed by atoms with Crippen molar-refractivity contribution in [2.75, 3.05) is 20.1 Å². The molecule has 0 unspecified atom stereocenters. The fourth-order valence-corrected chi connectivity index (χ4v) is 2.54. The molecular formula is C15H26N4. The lowest BCUT2D eigenvalue weighted by atomic mass is 9.93. The molecule has 0 aliphatic carbocycles. The molecule has 2 heterocycles. The Hall–Kier alpha value is -1.00. The fourth-order valence-electron chi connectivity index (χ4n) is 2.54. The maximum absolute atomic E-state index is 4.76. The van der Waals surface area contributed by atoms with Crippen LogP contribution in [0.1, 0.15) is 49.8 Å². The minimum absolute atomic E-state index is 0.468. The number of piperidine rings is 1. The number of likely N-dealkylation sites (tertiary alicyclic amines) is 1. The molecule has 1 aromatic heterocycles. The molecule has 0 atom stereocenters. The molecule has 1 aliphatic rings. The largest absolute Gasteiger partial charge is 0.308 e. The lowest BCUT2D eigenvalue weighted by Crippen LogP contribution is -2.30. The summed E-state index contributed by atoms with van der Waals surface area (Å²) in [7, 11) is 2.19. The predicted octanol–water partition coefficient (Wildman–Crippen LogP) is 2.09. The molecule has 0 spiro atoms. The van der Waals surface area contributed by atoms with Crippen molar-refractivity contribution in [3.8, 4) is 0 Å². The second kappa shape index (κ2) is 6.44. The molecule has 106 valence electrons. The number of hydrogen-bond acceptors (Lipinski definition) is 4. The van der Waals surface area contributed by atoms with Crippen LogP contribution in [0.5, 0.6) is 0 Å². The van der Waals surface area contributed by atoms with Crippen LogP contribution in [0, 0.1) is 6.92 Å². The fraction of sp³-hybridized carbons (Fsp3) is 0.733. The molecule has 4 nitrogen and oxygen atoms in total. The van der Waals surface area contributed by atoms with Crippen LogP contribution in [0.4, 0.5) is 0 Å². The number of hydrogen-bond donors (Lipinski definition) is 1. The molecule has 1 N–H and O–H groups in total. The molecule has 0 radical (unpaired) electrons. The number of aromatic nitrogens is 2. The van der Waals surface area contributed by atoms with Crippen molar-refractivity contribution in [1.82, 2.24) is 20.2 Å². The first-order chi connectivity index (χ1) is 9.04. The van der Waals surface area contributed by atoms with Gasteiger partial charge in [-0.2, -0.15) is 0 Å². The van der Waals surface area contributed by atoms with E-state index >= 15 is 0 Å². The molecule has 1 aromatic rings. The molecule has 1 saturated heterocycles. The monoisotopic (exact) mass is 262 g/mol. The van der Waals surface area contributed by atoms with Crippen LogP contribution in [-0.2, 0) is 6.54 Å². The van der Waals surface area contributed by atoms with Gasteiger partial charge in [-0.25, -0.2) is 9.97 Å². The highest BCUT2D eigenvalue weighted by molar-refractivity contribution is 5.15. The summed E-state index contributed by atoms with van der Waals surface area (Å²) in [4.78, 5) is 11.7. The van der Waals surface area contributed by atoms with Crippen LogP contribution in [0.2, 0.25) is 0 Å². The Morgan fingerprint density at radius 3 is 2.63 bits per heavy atom. The summed E-state index contributed by atoms with van der Waals surface area (Å²) in [5.41, 5.74) is 2.32. The van der Waals surface area contributed by atoms with Crippen LogP contribution in [0.15, 0.2) is 6.07 Å². The summed E-state index contributed by atoms with van der Waals surface area (Å²) in [6, 6.07) is 2.63. The van der Waals surface area contributed by atoms with Gasteiger partial charge in [-0.15, -0.1) is 0 Å². The number of nitrogens with one attached hydrogen (secondary N) is 1. The zero-order chi connectivity index (χ0) is 13.8. The molecule has 0 amide bonds. The molecule has 1 fully saturated rings. The smallest absolute Gasteiger partial charge is 0.142 e. The van der Waals surface area contributed by atoms with Crippen molar-refractivity contribution in [2.24, 2.45) is 0 Å². The lowest BCUT2D eigenvalue weighted by molar-refractivity contribution is 0.253. The average Bonchev–Trinajstić information content (AvgIpc) is 2.36. The SMILES string of the molecule is Cc1cc(C2CCN(C)CC2)nc(CNC(C)C)n1. The van der Waals surface area contributed by atoms with Crippen LogP contribution < -0.4 is 5.32 Å². The summed E-state index contributed by atoms with van der Waals surface area (Å²) in [6.07, 6.45) is 2.42. The molecule has 0 saturated carbocycles. The Labute approximate surface area is 116 Å². The third-order valence-corrected chi connectivity index (χ3v) is 3.73. The maximum atomic E-state index is 4.76. The minimum Gasteiger partial charge on any atom is -0.308 e. The highest BCUT2D eigenvalue weighted by Gasteiger charge is 2.20. The van der Waals surface area contributed by atoms with E-state index in [1.165, 1.54) is 31.6 Å². The summed E-state index contributed by atoms with van der Waals surface area (Å²) in [6.45, 7) is 9.47. The van der Waals surface area contributed by atoms with E-state index < -0.39 is 0 Å². The first-order valence-electron chi connectivity index (χ1n) is 7.31. The van der Waals surface area contributed by atoms with E-state index in [4.69, 9.17) is 4.98 Å². The topological polar surface area (TPSA) is 41.1 Å². The minimum atomic E-state index is 0.468. The van der Waals surface area contributed by atoms with Crippen molar-refractivity contribution >= 4 is 0 Å². The zero-order valence-electron chi connectivity index (χ0n) is 12.6. The van der Waals surface area contributed by atoms with E-state index in [2.05, 4.69) is 49.1 Å². The van der Waals surface area contributed by atoms with Gasteiger partial charge in [0, 0.05) is 23.3 Å². The van der Waals surface area contributed by atoms with Crippen molar-refractivity contribution in [3.05, 3.63) is 23.3 Å². The van der Waals surface area contributed by atoms with E-state index in [0.717, 1.165) is 18.1 Å². The molecule has 0 aromatic carbocycles. The van der Waals surface area contributed by atoms with E-state index in [-0.39, 0.29) is 0 Å². The van der Waals surface area contributed by atoms with Gasteiger partial charge in [-0.05, 0) is 46.0 Å². The highest BCUT2D eigenvalue weighted by Crippen LogP contribution is 2.26. The third-order valence-electron chi connectivity index (χ3n) is 3.73. The summed E-state index contributed by atoms with van der Waals surface area (Å²) >= 11 is 0. The summed E-state index contributed by atoms with van der Waals surface area (Å²) < 4.78 is 0. The van der Waals surface area contributed by atoms with Gasteiger partial charge in [0.05, 0.1) is 6.54 Å². The lowest BCUT2D eigenvalue weighted by Gasteiger charge is -2.28. The zero-order valence-corrected chi connectivity index (χ0v) is 12.6. The summed E-state index contributed by atoms with van der Waals surface area (Å²) in [5, 5.41) is 3.39. The number of aryl methyl sites for hydroxylation is 1. The third kappa shape index (κ3) is 4.25. The number of rotatable bonds is 4. The molecule has 4 heteroatoms. The highest BCUT2D eigenvalue weighted by atomic mass is 15.1. The molecule has 19 heavy (non-hydrogen) atoms. The van der Waals surface area contributed by atoms with E-state index in [1.807, 2.05) is 0 Å². The quantitative estimate of drug-likeness (QED) is 0.902. The van der Waals surface area contributed by atoms with Gasteiger partial charge in [0.25, 0.3) is 0 Å². The predicted molar refractivity (Wildman–Crippen MR) is 78.2 cm³/mol. The molecular weight excluding hydrogens is 236 g/mol. The van der Waals surface area contributed by atoms with Gasteiger partial charge in [0.2, 0.25) is 0 Å². The van der Waals surface area contributed by atoms with Gasteiger partial charge in [0.1, 0.15) is 5.82 Å². The van der Waals surface area contributed by atoms with Crippen molar-refractivity contribution < 1.29 is 0 Å². The molecule has 1 aliphatic heterocycles. The Bertz CT molecular complexity index is 409. The molecule has 0 bridgehead atoms. The number of nitrogens with zero attached hydrogens (tertiary/aromatic N) is 3. The Morgan fingerprint density at radius 1 is 1.32 bits per heavy atom. The Morgan fingerprint density at radius 2 is 2.00 bits per heavy atom. The van der Waals surface area contributed by atoms with Crippen molar-refractivity contribution in [2.45, 2.75) is 52.1 Å². The van der Waals surface area contributed by atoms with Gasteiger partial charge in [0.15, 0.2) is 0 Å². The van der Waals surface area contributed by atoms with Crippen LogP contribution in [0.25, 0.3) is 0 Å². The standard InChI is InChI=1S/C15H26N4/c1-11(2)16-10-15-17-12(3)9-14(18-15)13-5-7-19(4)8-6-13/h9,11,13,16H,5-8,10H2,1-4H3. The first kappa shape index (κ1) is 14.4.